The van der Waals surface area contributed by atoms with E-state index in [0.717, 1.165) is 13.1 Å². The Morgan fingerprint density at radius 1 is 1.09 bits per heavy atom. The molecule has 0 radical (unpaired) electrons. The number of likely N-dealkylation sites (N-methyl/N-ethyl adjacent to an activating group) is 1. The number of rotatable bonds is 9. The maximum Gasteiger partial charge on any atom is 0.295 e. The smallest absolute Gasteiger partial charge is 0.295 e. The number of carbonyl (C=O) groups is 2. The summed E-state index contributed by atoms with van der Waals surface area (Å²) in [5.41, 5.74) is 1.20. The molecule has 32 heavy (non-hydrogen) atoms. The molecule has 1 aliphatic rings. The van der Waals surface area contributed by atoms with Crippen molar-refractivity contribution in [2.45, 2.75) is 26.8 Å². The molecule has 1 fully saturated rings. The number of Topliss-reactive ketones (excluding diaryl/α,β-unsaturated/α-hetero) is 1. The van der Waals surface area contributed by atoms with Crippen molar-refractivity contribution >= 4 is 29.1 Å². The van der Waals surface area contributed by atoms with Crippen molar-refractivity contribution in [2.75, 3.05) is 32.8 Å². The van der Waals surface area contributed by atoms with E-state index >= 15 is 0 Å². The monoisotopic (exact) mass is 456 g/mol. The van der Waals surface area contributed by atoms with Gasteiger partial charge < -0.3 is 19.6 Å². The number of hydrogen-bond donors (Lipinski definition) is 1. The molecular formula is C25H29ClN2O4. The van der Waals surface area contributed by atoms with Gasteiger partial charge in [0, 0.05) is 23.7 Å². The fourth-order valence-electron chi connectivity index (χ4n) is 3.95. The largest absolute Gasteiger partial charge is 0.507 e. The van der Waals surface area contributed by atoms with Crippen LogP contribution in [0.2, 0.25) is 5.02 Å². The Balaban J connectivity index is 2.06. The van der Waals surface area contributed by atoms with Gasteiger partial charge in [0.15, 0.2) is 0 Å². The molecule has 6 nitrogen and oxygen atoms in total. The SMILES string of the molecule is CCOc1ccc(C(O)=C2C(=O)C(=O)N(CCN(CC)CC)[C@@H]2c2cccc(Cl)c2)cc1. The average molecular weight is 457 g/mol. The molecule has 0 spiro atoms. The number of carbonyl (C=O) groups excluding carboxylic acids is 2. The molecule has 2 aromatic rings. The molecule has 1 aliphatic heterocycles. The van der Waals surface area contributed by atoms with Gasteiger partial charge >= 0.3 is 0 Å². The van der Waals surface area contributed by atoms with Gasteiger partial charge in [-0.3, -0.25) is 9.59 Å². The van der Waals surface area contributed by atoms with Crippen LogP contribution in [0.25, 0.3) is 5.76 Å². The number of likely N-dealkylation sites (tertiary alicyclic amines) is 1. The number of ketones is 1. The molecule has 0 aromatic heterocycles. The number of ether oxygens (including phenoxy) is 1. The Kier molecular flexibility index (Phi) is 7.94. The Bertz CT molecular complexity index is 999. The van der Waals surface area contributed by atoms with Crippen LogP contribution in [0.1, 0.15) is 37.9 Å². The third kappa shape index (κ3) is 4.97. The van der Waals surface area contributed by atoms with Crippen molar-refractivity contribution in [1.29, 1.82) is 0 Å². The van der Waals surface area contributed by atoms with Crippen LogP contribution in [0.3, 0.4) is 0 Å². The summed E-state index contributed by atoms with van der Waals surface area (Å²) in [5, 5.41) is 11.6. The third-order valence-electron chi connectivity index (χ3n) is 5.69. The highest BCUT2D eigenvalue weighted by Crippen LogP contribution is 2.40. The summed E-state index contributed by atoms with van der Waals surface area (Å²) in [4.78, 5) is 29.8. The highest BCUT2D eigenvalue weighted by atomic mass is 35.5. The first-order valence-corrected chi connectivity index (χ1v) is 11.3. The van der Waals surface area contributed by atoms with E-state index in [4.69, 9.17) is 16.3 Å². The van der Waals surface area contributed by atoms with Crippen molar-refractivity contribution in [3.05, 3.63) is 70.3 Å². The fourth-order valence-corrected chi connectivity index (χ4v) is 4.15. The molecule has 1 N–H and O–H groups in total. The first-order chi connectivity index (χ1) is 15.4. The van der Waals surface area contributed by atoms with Gasteiger partial charge in [-0.05, 0) is 62.0 Å². The molecule has 1 amide bonds. The second-order valence-corrected chi connectivity index (χ2v) is 7.97. The second kappa shape index (κ2) is 10.7. The Morgan fingerprint density at radius 3 is 2.38 bits per heavy atom. The molecule has 7 heteroatoms. The molecule has 0 saturated carbocycles. The number of nitrogens with zero attached hydrogens (tertiary/aromatic N) is 2. The first kappa shape index (κ1) is 23.8. The summed E-state index contributed by atoms with van der Waals surface area (Å²) in [7, 11) is 0. The average Bonchev–Trinajstić information content (AvgIpc) is 3.05. The fraction of sp³-hybridized carbons (Fsp3) is 0.360. The van der Waals surface area contributed by atoms with Crippen LogP contribution in [0.5, 0.6) is 5.75 Å². The second-order valence-electron chi connectivity index (χ2n) is 7.53. The van der Waals surface area contributed by atoms with Crippen molar-refractivity contribution in [3.8, 4) is 5.75 Å². The van der Waals surface area contributed by atoms with E-state index in [-0.39, 0.29) is 11.3 Å². The van der Waals surface area contributed by atoms with E-state index in [2.05, 4.69) is 18.7 Å². The van der Waals surface area contributed by atoms with Crippen LogP contribution >= 0.6 is 11.6 Å². The molecule has 0 unspecified atom stereocenters. The quantitative estimate of drug-likeness (QED) is 0.341. The Morgan fingerprint density at radius 2 is 1.78 bits per heavy atom. The standard InChI is InChI=1S/C25H29ClN2O4/c1-4-27(5-2)14-15-28-22(18-8-7-9-19(26)16-18)21(24(30)25(28)31)23(29)17-10-12-20(13-11-17)32-6-3/h7-13,16,22,29H,4-6,14-15H2,1-3H3/t22-/m1/s1. The maximum absolute atomic E-state index is 13.1. The van der Waals surface area contributed by atoms with Crippen LogP contribution in [-0.4, -0.2) is 59.4 Å². The predicted octanol–water partition coefficient (Wildman–Crippen LogP) is 4.50. The number of aliphatic hydroxyl groups excluding tert-OH is 1. The van der Waals surface area contributed by atoms with Crippen LogP contribution in [0.15, 0.2) is 54.1 Å². The van der Waals surface area contributed by atoms with Crippen molar-refractivity contribution in [3.63, 3.8) is 0 Å². The van der Waals surface area contributed by atoms with Gasteiger partial charge in [0.2, 0.25) is 0 Å². The van der Waals surface area contributed by atoms with Crippen molar-refractivity contribution in [1.82, 2.24) is 9.80 Å². The Hall–Kier alpha value is -2.83. The van der Waals surface area contributed by atoms with Crippen LogP contribution < -0.4 is 4.74 Å². The lowest BCUT2D eigenvalue weighted by atomic mass is 9.95. The van der Waals surface area contributed by atoms with Gasteiger partial charge in [0.05, 0.1) is 18.2 Å². The van der Waals surface area contributed by atoms with Gasteiger partial charge in [0.25, 0.3) is 11.7 Å². The van der Waals surface area contributed by atoms with Gasteiger partial charge in [0.1, 0.15) is 11.5 Å². The van der Waals surface area contributed by atoms with Crippen LogP contribution in [0.4, 0.5) is 0 Å². The molecule has 2 aromatic carbocycles. The normalized spacial score (nSPS) is 17.9. The predicted molar refractivity (Wildman–Crippen MR) is 126 cm³/mol. The highest BCUT2D eigenvalue weighted by Gasteiger charge is 2.46. The highest BCUT2D eigenvalue weighted by molar-refractivity contribution is 6.46. The lowest BCUT2D eigenvalue weighted by molar-refractivity contribution is -0.140. The minimum absolute atomic E-state index is 0.0703. The lowest BCUT2D eigenvalue weighted by Gasteiger charge is -2.28. The van der Waals surface area contributed by atoms with Gasteiger partial charge in [-0.1, -0.05) is 37.6 Å². The van der Waals surface area contributed by atoms with E-state index < -0.39 is 17.7 Å². The van der Waals surface area contributed by atoms with Gasteiger partial charge in [-0.15, -0.1) is 0 Å². The summed E-state index contributed by atoms with van der Waals surface area (Å²) in [6.07, 6.45) is 0. The van der Waals surface area contributed by atoms with E-state index in [1.54, 1.807) is 42.5 Å². The van der Waals surface area contributed by atoms with Gasteiger partial charge in [-0.25, -0.2) is 0 Å². The zero-order valence-corrected chi connectivity index (χ0v) is 19.4. The molecular weight excluding hydrogens is 428 g/mol. The Labute approximate surface area is 194 Å². The molecule has 0 bridgehead atoms. The summed E-state index contributed by atoms with van der Waals surface area (Å²) in [5.74, 6) is -0.854. The van der Waals surface area contributed by atoms with E-state index in [0.29, 0.717) is 41.6 Å². The molecule has 0 aliphatic carbocycles. The van der Waals surface area contributed by atoms with E-state index in [1.165, 1.54) is 4.90 Å². The van der Waals surface area contributed by atoms with E-state index in [9.17, 15) is 14.7 Å². The van der Waals surface area contributed by atoms with Crippen molar-refractivity contribution in [2.24, 2.45) is 0 Å². The number of amides is 1. The zero-order chi connectivity index (χ0) is 23.3. The first-order valence-electron chi connectivity index (χ1n) is 10.9. The maximum atomic E-state index is 13.1. The topological polar surface area (TPSA) is 70.1 Å². The summed E-state index contributed by atoms with van der Waals surface area (Å²) in [6.45, 7) is 9.19. The molecule has 1 heterocycles. The minimum atomic E-state index is -0.712. The third-order valence-corrected chi connectivity index (χ3v) is 5.93. The molecule has 170 valence electrons. The van der Waals surface area contributed by atoms with Crippen molar-refractivity contribution < 1.29 is 19.4 Å². The van der Waals surface area contributed by atoms with Gasteiger partial charge in [-0.2, -0.15) is 0 Å². The zero-order valence-electron chi connectivity index (χ0n) is 18.7. The molecule has 3 rings (SSSR count). The summed E-state index contributed by atoms with van der Waals surface area (Å²) in [6, 6.07) is 13.2. The van der Waals surface area contributed by atoms with E-state index in [1.807, 2.05) is 13.0 Å². The molecule has 1 atom stereocenters. The number of hydrogen-bond acceptors (Lipinski definition) is 5. The minimum Gasteiger partial charge on any atom is -0.507 e. The van der Waals surface area contributed by atoms with Crippen LogP contribution in [-0.2, 0) is 9.59 Å². The summed E-state index contributed by atoms with van der Waals surface area (Å²) >= 11 is 6.22. The number of halogens is 1. The van der Waals surface area contributed by atoms with Crippen LogP contribution in [0, 0.1) is 0 Å². The lowest BCUT2D eigenvalue weighted by Crippen LogP contribution is -2.38. The number of benzene rings is 2. The summed E-state index contributed by atoms with van der Waals surface area (Å²) < 4.78 is 5.45. The molecule has 1 saturated heterocycles. The number of aliphatic hydroxyl groups is 1.